The molecule has 0 atom stereocenters. The van der Waals surface area contributed by atoms with E-state index in [-0.39, 0.29) is 18.1 Å². The van der Waals surface area contributed by atoms with Gasteiger partial charge >= 0.3 is 6.03 Å². The van der Waals surface area contributed by atoms with E-state index in [1.165, 1.54) is 4.90 Å². The first-order chi connectivity index (χ1) is 9.46. The van der Waals surface area contributed by atoms with Crippen LogP contribution in [-0.2, 0) is 0 Å². The third kappa shape index (κ3) is 6.30. The molecule has 0 aromatic heterocycles. The van der Waals surface area contributed by atoms with Gasteiger partial charge in [0.25, 0.3) is 0 Å². The summed E-state index contributed by atoms with van der Waals surface area (Å²) >= 11 is 1.67. The fourth-order valence-electron chi connectivity index (χ4n) is 1.70. The summed E-state index contributed by atoms with van der Waals surface area (Å²) in [6.45, 7) is 4.81. The maximum atomic E-state index is 11.7. The molecule has 0 aliphatic carbocycles. The van der Waals surface area contributed by atoms with Crippen LogP contribution in [0.5, 0.6) is 0 Å². The molecule has 0 fully saturated rings. The van der Waals surface area contributed by atoms with Crippen LogP contribution in [0.3, 0.4) is 0 Å². The lowest BCUT2D eigenvalue weighted by atomic mass is 9.89. The molecule has 1 aromatic carbocycles. The van der Waals surface area contributed by atoms with Gasteiger partial charge in [0, 0.05) is 23.7 Å². The number of carbonyl (C=O) groups excluding carboxylic acids is 1. The van der Waals surface area contributed by atoms with Crippen molar-refractivity contribution in [1.82, 2.24) is 5.32 Å². The minimum absolute atomic E-state index is 0.0776. The Bertz CT molecular complexity index is 418. The molecule has 0 aliphatic heterocycles. The number of urea groups is 1. The zero-order valence-electron chi connectivity index (χ0n) is 12.4. The molecule has 1 rings (SSSR count). The Morgan fingerprint density at radius 1 is 1.30 bits per heavy atom. The molecule has 0 aliphatic rings. The molecule has 5 heteroatoms. The molecule has 1 aromatic rings. The number of hydrogen-bond donors (Lipinski definition) is 3. The van der Waals surface area contributed by atoms with Crippen LogP contribution in [0.4, 0.5) is 10.5 Å². The summed E-state index contributed by atoms with van der Waals surface area (Å²) in [7, 11) is 0. The van der Waals surface area contributed by atoms with E-state index < -0.39 is 0 Å². The molecule has 3 N–H and O–H groups in total. The van der Waals surface area contributed by atoms with Gasteiger partial charge in [0.05, 0.1) is 0 Å². The van der Waals surface area contributed by atoms with Crippen molar-refractivity contribution in [3.8, 4) is 0 Å². The predicted octanol–water partition coefficient (Wildman–Crippen LogP) is 3.33. The summed E-state index contributed by atoms with van der Waals surface area (Å²) in [5, 5.41) is 14.8. The number of aliphatic hydroxyl groups is 1. The van der Waals surface area contributed by atoms with Crippen LogP contribution >= 0.6 is 11.8 Å². The molecule has 0 saturated heterocycles. The van der Waals surface area contributed by atoms with Gasteiger partial charge in [0.15, 0.2) is 0 Å². The third-order valence-corrected chi connectivity index (χ3v) is 3.84. The summed E-state index contributed by atoms with van der Waals surface area (Å²) in [6, 6.07) is 7.54. The van der Waals surface area contributed by atoms with E-state index in [1.54, 1.807) is 11.8 Å². The van der Waals surface area contributed by atoms with Crippen molar-refractivity contribution in [1.29, 1.82) is 0 Å². The van der Waals surface area contributed by atoms with Crippen molar-refractivity contribution in [2.75, 3.05) is 24.7 Å². The van der Waals surface area contributed by atoms with Gasteiger partial charge in [-0.15, -0.1) is 11.8 Å². The normalized spacial score (nSPS) is 11.2. The topological polar surface area (TPSA) is 61.4 Å². The van der Waals surface area contributed by atoms with Gasteiger partial charge < -0.3 is 15.7 Å². The number of carbonyl (C=O) groups is 1. The summed E-state index contributed by atoms with van der Waals surface area (Å²) in [6.07, 6.45) is 3.75. The Morgan fingerprint density at radius 3 is 2.50 bits per heavy atom. The third-order valence-electron chi connectivity index (χ3n) is 3.09. The van der Waals surface area contributed by atoms with Gasteiger partial charge in [-0.25, -0.2) is 4.79 Å². The van der Waals surface area contributed by atoms with E-state index >= 15 is 0 Å². The highest BCUT2D eigenvalue weighted by molar-refractivity contribution is 7.98. The molecular formula is C15H24N2O2S. The molecule has 2 amide bonds. The lowest BCUT2D eigenvalue weighted by molar-refractivity contribution is 0.148. The van der Waals surface area contributed by atoms with Gasteiger partial charge in [-0.1, -0.05) is 13.8 Å². The van der Waals surface area contributed by atoms with Crippen LogP contribution in [0.2, 0.25) is 0 Å². The van der Waals surface area contributed by atoms with Gasteiger partial charge in [-0.05, 0) is 48.8 Å². The summed E-state index contributed by atoms with van der Waals surface area (Å²) in [4.78, 5) is 12.9. The van der Waals surface area contributed by atoms with Gasteiger partial charge in [0.1, 0.15) is 0 Å². The molecule has 4 nitrogen and oxygen atoms in total. The highest BCUT2D eigenvalue weighted by Gasteiger charge is 2.15. The largest absolute Gasteiger partial charge is 0.396 e. The maximum Gasteiger partial charge on any atom is 0.319 e. The Labute approximate surface area is 125 Å². The SMILES string of the molecule is CSc1ccc(NC(=O)NCCCC(C)(C)CO)cc1. The zero-order chi connectivity index (χ0) is 15.0. The van der Waals surface area contributed by atoms with E-state index in [0.29, 0.717) is 6.54 Å². The Balaban J connectivity index is 2.26. The molecule has 0 heterocycles. The molecule has 0 radical (unpaired) electrons. The molecule has 0 saturated carbocycles. The fraction of sp³-hybridized carbons (Fsp3) is 0.533. The van der Waals surface area contributed by atoms with E-state index in [1.807, 2.05) is 44.4 Å². The number of benzene rings is 1. The van der Waals surface area contributed by atoms with E-state index in [2.05, 4.69) is 10.6 Å². The average molecular weight is 296 g/mol. The second-order valence-electron chi connectivity index (χ2n) is 5.54. The number of nitrogens with one attached hydrogen (secondary N) is 2. The number of amides is 2. The van der Waals surface area contributed by atoms with Crippen molar-refractivity contribution < 1.29 is 9.90 Å². The summed E-state index contributed by atoms with van der Waals surface area (Å²) in [5.41, 5.74) is 0.710. The lowest BCUT2D eigenvalue weighted by Gasteiger charge is -2.21. The number of thioether (sulfide) groups is 1. The summed E-state index contributed by atoms with van der Waals surface area (Å²) in [5.74, 6) is 0. The van der Waals surface area contributed by atoms with Crippen molar-refractivity contribution in [2.24, 2.45) is 5.41 Å². The first-order valence-electron chi connectivity index (χ1n) is 6.76. The van der Waals surface area contributed by atoms with Crippen molar-refractivity contribution >= 4 is 23.5 Å². The predicted molar refractivity (Wildman–Crippen MR) is 85.3 cm³/mol. The summed E-state index contributed by atoms with van der Waals surface area (Å²) < 4.78 is 0. The van der Waals surface area contributed by atoms with Crippen LogP contribution in [-0.4, -0.2) is 30.5 Å². The number of aliphatic hydroxyl groups excluding tert-OH is 1. The quantitative estimate of drug-likeness (QED) is 0.534. The van der Waals surface area contributed by atoms with Crippen molar-refractivity contribution in [3.63, 3.8) is 0 Å². The zero-order valence-corrected chi connectivity index (χ0v) is 13.2. The van der Waals surface area contributed by atoms with Crippen LogP contribution in [0, 0.1) is 5.41 Å². The van der Waals surface area contributed by atoms with Crippen LogP contribution in [0.25, 0.3) is 0 Å². The van der Waals surface area contributed by atoms with Crippen molar-refractivity contribution in [2.45, 2.75) is 31.6 Å². The second kappa shape index (κ2) is 8.17. The van der Waals surface area contributed by atoms with Crippen LogP contribution in [0.1, 0.15) is 26.7 Å². The van der Waals surface area contributed by atoms with E-state index in [9.17, 15) is 4.79 Å². The van der Waals surface area contributed by atoms with Crippen LogP contribution < -0.4 is 10.6 Å². The Kier molecular flexibility index (Phi) is 6.88. The molecule has 112 valence electrons. The monoisotopic (exact) mass is 296 g/mol. The first kappa shape index (κ1) is 16.9. The van der Waals surface area contributed by atoms with Gasteiger partial charge in [-0.3, -0.25) is 0 Å². The van der Waals surface area contributed by atoms with E-state index in [4.69, 9.17) is 5.11 Å². The Morgan fingerprint density at radius 2 is 1.95 bits per heavy atom. The van der Waals surface area contributed by atoms with Gasteiger partial charge in [-0.2, -0.15) is 0 Å². The smallest absolute Gasteiger partial charge is 0.319 e. The second-order valence-corrected chi connectivity index (χ2v) is 6.41. The molecule has 0 bridgehead atoms. The van der Waals surface area contributed by atoms with E-state index in [0.717, 1.165) is 18.5 Å². The number of anilines is 1. The standard InChI is InChI=1S/C15H24N2O2S/c1-15(2,11-18)9-4-10-16-14(19)17-12-5-7-13(20-3)8-6-12/h5-8,18H,4,9-11H2,1-3H3,(H2,16,17,19). The molecule has 20 heavy (non-hydrogen) atoms. The minimum Gasteiger partial charge on any atom is -0.396 e. The van der Waals surface area contributed by atoms with Crippen molar-refractivity contribution in [3.05, 3.63) is 24.3 Å². The Hall–Kier alpha value is -1.20. The number of hydrogen-bond acceptors (Lipinski definition) is 3. The molecule has 0 unspecified atom stereocenters. The molecular weight excluding hydrogens is 272 g/mol. The van der Waals surface area contributed by atoms with Gasteiger partial charge in [0.2, 0.25) is 0 Å². The fourth-order valence-corrected chi connectivity index (χ4v) is 2.11. The highest BCUT2D eigenvalue weighted by atomic mass is 32.2. The van der Waals surface area contributed by atoms with Crippen LogP contribution in [0.15, 0.2) is 29.2 Å². The highest BCUT2D eigenvalue weighted by Crippen LogP contribution is 2.20. The minimum atomic E-state index is -0.191. The maximum absolute atomic E-state index is 11.7. The lowest BCUT2D eigenvalue weighted by Crippen LogP contribution is -2.30. The molecule has 0 spiro atoms. The number of rotatable bonds is 7. The average Bonchev–Trinajstić information content (AvgIpc) is 2.44. The first-order valence-corrected chi connectivity index (χ1v) is 7.99.